The summed E-state index contributed by atoms with van der Waals surface area (Å²) < 4.78 is 13.6. The Morgan fingerprint density at radius 1 is 1.26 bits per heavy atom. The van der Waals surface area contributed by atoms with Gasteiger partial charge in [0.15, 0.2) is 5.56 Å². The molecule has 7 heteroatoms. The van der Waals surface area contributed by atoms with Gasteiger partial charge in [0, 0.05) is 24.1 Å². The number of rotatable bonds is 3. The Morgan fingerprint density at radius 2 is 1.95 bits per heavy atom. The van der Waals surface area contributed by atoms with E-state index in [1.807, 2.05) is 0 Å². The van der Waals surface area contributed by atoms with Gasteiger partial charge < -0.3 is 5.32 Å². The highest BCUT2D eigenvalue weighted by Crippen LogP contribution is 2.22. The number of pyridine rings is 1. The number of halogens is 1. The van der Waals surface area contributed by atoms with E-state index in [0.717, 1.165) is 12.1 Å². The fourth-order valence-corrected chi connectivity index (χ4v) is 1.52. The molecule has 1 aromatic carbocycles. The second kappa shape index (κ2) is 5.21. The maximum atomic E-state index is 13.6. The molecule has 2 rings (SSSR count). The van der Waals surface area contributed by atoms with Crippen LogP contribution >= 0.6 is 0 Å². The molecule has 0 bridgehead atoms. The van der Waals surface area contributed by atoms with E-state index in [0.29, 0.717) is 5.69 Å². The number of benzene rings is 1. The van der Waals surface area contributed by atoms with E-state index in [-0.39, 0.29) is 0 Å². The first-order chi connectivity index (χ1) is 9.09. The van der Waals surface area contributed by atoms with E-state index in [1.165, 1.54) is 30.6 Å². The molecule has 1 amide bonds. The lowest BCUT2D eigenvalue weighted by atomic mass is 10.1. The number of nitro groups is 1. The highest BCUT2D eigenvalue weighted by Gasteiger charge is 2.24. The number of carbonyl (C=O) groups excluding carboxylic acids is 1. The Kier molecular flexibility index (Phi) is 3.46. The lowest BCUT2D eigenvalue weighted by molar-refractivity contribution is -0.385. The van der Waals surface area contributed by atoms with Crippen LogP contribution in [0.4, 0.5) is 15.8 Å². The molecule has 0 unspecified atom stereocenters. The third-order valence-corrected chi connectivity index (χ3v) is 2.35. The number of nitrogens with zero attached hydrogens (tertiary/aromatic N) is 2. The number of aromatic nitrogens is 1. The zero-order valence-corrected chi connectivity index (χ0v) is 9.54. The van der Waals surface area contributed by atoms with Gasteiger partial charge in [-0.05, 0) is 18.2 Å². The molecule has 2 aromatic rings. The van der Waals surface area contributed by atoms with Crippen molar-refractivity contribution in [1.29, 1.82) is 0 Å². The highest BCUT2D eigenvalue weighted by atomic mass is 19.1. The topological polar surface area (TPSA) is 85.1 Å². The lowest BCUT2D eigenvalue weighted by Gasteiger charge is -2.06. The van der Waals surface area contributed by atoms with Crippen molar-refractivity contribution in [3.63, 3.8) is 0 Å². The van der Waals surface area contributed by atoms with E-state index >= 15 is 0 Å². The van der Waals surface area contributed by atoms with Crippen LogP contribution in [0.15, 0.2) is 42.7 Å². The molecule has 0 saturated carbocycles. The van der Waals surface area contributed by atoms with Gasteiger partial charge in [-0.25, -0.2) is 4.39 Å². The van der Waals surface area contributed by atoms with Gasteiger partial charge in [-0.3, -0.25) is 19.9 Å². The highest BCUT2D eigenvalue weighted by molar-refractivity contribution is 6.07. The normalized spacial score (nSPS) is 9.95. The summed E-state index contributed by atoms with van der Waals surface area (Å²) in [6.07, 6.45) is 2.87. The molecule has 0 aliphatic carbocycles. The first-order valence-corrected chi connectivity index (χ1v) is 5.24. The van der Waals surface area contributed by atoms with Crippen molar-refractivity contribution < 1.29 is 14.1 Å². The van der Waals surface area contributed by atoms with E-state index < -0.39 is 27.9 Å². The van der Waals surface area contributed by atoms with Crippen LogP contribution < -0.4 is 5.32 Å². The smallest absolute Gasteiger partial charge is 0.285 e. The van der Waals surface area contributed by atoms with Gasteiger partial charge in [-0.1, -0.05) is 6.07 Å². The van der Waals surface area contributed by atoms with E-state index in [9.17, 15) is 19.3 Å². The molecule has 0 fully saturated rings. The van der Waals surface area contributed by atoms with Crippen molar-refractivity contribution in [2.24, 2.45) is 0 Å². The molecule has 0 aliphatic rings. The fraction of sp³-hybridized carbons (Fsp3) is 0. The zero-order valence-electron chi connectivity index (χ0n) is 9.54. The molecule has 6 nitrogen and oxygen atoms in total. The largest absolute Gasteiger partial charge is 0.322 e. The minimum Gasteiger partial charge on any atom is -0.322 e. The Hall–Kier alpha value is -2.83. The third kappa shape index (κ3) is 2.71. The summed E-state index contributed by atoms with van der Waals surface area (Å²) in [4.78, 5) is 25.6. The summed E-state index contributed by atoms with van der Waals surface area (Å²) in [5.74, 6) is -1.82. The van der Waals surface area contributed by atoms with Crippen molar-refractivity contribution in [3.8, 4) is 0 Å². The third-order valence-electron chi connectivity index (χ3n) is 2.35. The lowest BCUT2D eigenvalue weighted by Crippen LogP contribution is -2.15. The summed E-state index contributed by atoms with van der Waals surface area (Å²) in [5.41, 5.74) is -0.798. The van der Waals surface area contributed by atoms with E-state index in [2.05, 4.69) is 10.3 Å². The molecular weight excluding hydrogens is 253 g/mol. The van der Waals surface area contributed by atoms with Gasteiger partial charge in [-0.15, -0.1) is 0 Å². The second-order valence-corrected chi connectivity index (χ2v) is 3.58. The number of nitro benzene ring substituents is 1. The molecule has 1 aromatic heterocycles. The Morgan fingerprint density at radius 3 is 2.58 bits per heavy atom. The summed E-state index contributed by atoms with van der Waals surface area (Å²) in [7, 11) is 0. The number of amides is 1. The average molecular weight is 261 g/mol. The summed E-state index contributed by atoms with van der Waals surface area (Å²) in [6, 6.07) is 6.23. The standard InChI is InChI=1S/C12H8FN3O3/c13-9-2-1-3-10(16(18)19)11(9)12(17)15-8-4-6-14-7-5-8/h1-7H,(H,14,15,17). The zero-order chi connectivity index (χ0) is 13.8. The van der Waals surface area contributed by atoms with Crippen LogP contribution in [-0.2, 0) is 0 Å². The Labute approximate surface area is 107 Å². The Bertz CT molecular complexity index is 631. The second-order valence-electron chi connectivity index (χ2n) is 3.58. The maximum Gasteiger partial charge on any atom is 0.285 e. The van der Waals surface area contributed by atoms with E-state index in [1.54, 1.807) is 0 Å². The van der Waals surface area contributed by atoms with Crippen LogP contribution in [0.3, 0.4) is 0 Å². The molecule has 0 radical (unpaired) electrons. The SMILES string of the molecule is O=C(Nc1ccncc1)c1c(F)cccc1[N+](=O)[O-]. The van der Waals surface area contributed by atoms with E-state index in [4.69, 9.17) is 0 Å². The van der Waals surface area contributed by atoms with Gasteiger partial charge in [0.05, 0.1) is 4.92 Å². The number of nitrogens with one attached hydrogen (secondary N) is 1. The predicted octanol–water partition coefficient (Wildman–Crippen LogP) is 2.38. The fourth-order valence-electron chi connectivity index (χ4n) is 1.52. The summed E-state index contributed by atoms with van der Waals surface area (Å²) in [6.45, 7) is 0. The molecule has 1 heterocycles. The van der Waals surface area contributed by atoms with Crippen LogP contribution in [0.2, 0.25) is 0 Å². The minimum atomic E-state index is -0.944. The quantitative estimate of drug-likeness (QED) is 0.679. The predicted molar refractivity (Wildman–Crippen MR) is 65.2 cm³/mol. The van der Waals surface area contributed by atoms with Gasteiger partial charge in [0.2, 0.25) is 0 Å². The first-order valence-electron chi connectivity index (χ1n) is 5.24. The van der Waals surface area contributed by atoms with Crippen molar-refractivity contribution in [2.75, 3.05) is 5.32 Å². The van der Waals surface area contributed by atoms with Crippen LogP contribution in [0.1, 0.15) is 10.4 Å². The number of carbonyl (C=O) groups is 1. The maximum absolute atomic E-state index is 13.6. The molecule has 0 spiro atoms. The molecule has 0 atom stereocenters. The van der Waals surface area contributed by atoms with Gasteiger partial charge in [0.25, 0.3) is 11.6 Å². The van der Waals surface area contributed by atoms with Crippen LogP contribution in [-0.4, -0.2) is 15.8 Å². The first kappa shape index (κ1) is 12.6. The van der Waals surface area contributed by atoms with Gasteiger partial charge in [-0.2, -0.15) is 0 Å². The van der Waals surface area contributed by atoms with Crippen LogP contribution in [0.25, 0.3) is 0 Å². The summed E-state index contributed by atoms with van der Waals surface area (Å²) >= 11 is 0. The molecule has 96 valence electrons. The Balaban J connectivity index is 2.36. The van der Waals surface area contributed by atoms with Crippen molar-refractivity contribution in [3.05, 3.63) is 64.2 Å². The van der Waals surface area contributed by atoms with Crippen molar-refractivity contribution in [1.82, 2.24) is 4.98 Å². The van der Waals surface area contributed by atoms with Crippen LogP contribution in [0.5, 0.6) is 0 Å². The molecule has 0 saturated heterocycles. The van der Waals surface area contributed by atoms with Crippen molar-refractivity contribution in [2.45, 2.75) is 0 Å². The van der Waals surface area contributed by atoms with Crippen molar-refractivity contribution >= 4 is 17.3 Å². The molecule has 0 aliphatic heterocycles. The average Bonchev–Trinajstić information content (AvgIpc) is 2.39. The summed E-state index contributed by atoms with van der Waals surface area (Å²) in [5, 5.41) is 13.2. The molecular formula is C12H8FN3O3. The van der Waals surface area contributed by atoms with Crippen LogP contribution in [0, 0.1) is 15.9 Å². The van der Waals surface area contributed by atoms with Gasteiger partial charge in [0.1, 0.15) is 5.82 Å². The number of anilines is 1. The monoisotopic (exact) mass is 261 g/mol. The number of hydrogen-bond donors (Lipinski definition) is 1. The number of hydrogen-bond acceptors (Lipinski definition) is 4. The molecule has 1 N–H and O–H groups in total. The minimum absolute atomic E-state index is 0.373. The van der Waals surface area contributed by atoms with Gasteiger partial charge >= 0.3 is 0 Å². The molecule has 19 heavy (non-hydrogen) atoms.